The van der Waals surface area contributed by atoms with E-state index >= 15 is 0 Å². The predicted molar refractivity (Wildman–Crippen MR) is 125 cm³/mol. The minimum atomic E-state index is -3.17. The fourth-order valence-electron chi connectivity index (χ4n) is 3.47. The first-order chi connectivity index (χ1) is 16.6. The van der Waals surface area contributed by atoms with Crippen LogP contribution in [0, 0.1) is 5.82 Å². The van der Waals surface area contributed by atoms with Crippen LogP contribution in [0.3, 0.4) is 0 Å². The van der Waals surface area contributed by atoms with Crippen molar-refractivity contribution >= 4 is 21.6 Å². The first kappa shape index (κ1) is 26.3. The Kier molecular flexibility index (Phi) is 8.58. The molecule has 2 aromatic rings. The van der Waals surface area contributed by atoms with Crippen LogP contribution >= 0.6 is 9.24 Å². The van der Waals surface area contributed by atoms with Crippen LogP contribution in [0.5, 0.6) is 5.75 Å². The first-order valence-electron chi connectivity index (χ1n) is 10.7. The first-order valence-corrected chi connectivity index (χ1v) is 11.2. The van der Waals surface area contributed by atoms with Crippen molar-refractivity contribution < 1.29 is 32.6 Å². The highest BCUT2D eigenvalue weighted by Crippen LogP contribution is 2.36. The maximum absolute atomic E-state index is 13.8. The van der Waals surface area contributed by atoms with Crippen molar-refractivity contribution in [3.05, 3.63) is 77.0 Å². The molecule has 2 amide bonds. The molecule has 1 aliphatic rings. The Morgan fingerprint density at radius 1 is 1.31 bits per heavy atom. The lowest BCUT2D eigenvalue weighted by atomic mass is 10.2. The summed E-state index contributed by atoms with van der Waals surface area (Å²) in [6, 6.07) is 10.9. The van der Waals surface area contributed by atoms with Gasteiger partial charge in [0, 0.05) is 32.3 Å². The molecule has 2 atom stereocenters. The van der Waals surface area contributed by atoms with E-state index in [1.54, 1.807) is 0 Å². The van der Waals surface area contributed by atoms with Crippen LogP contribution in [0.25, 0.3) is 0 Å². The standard InChI is InChI=1S/C23H26F3N4O4P/c1-29(10-3-11-31)21(33)19-20(27-14-32)28-22(30(19)13-15-6-8-17(24)9-7-15)34-18-5-2-4-16(12-18)23(25,26)35/h2,4-9,12,14,22,28,31H,3,10-11,13,35H2,1H3,(H,27,32). The number of likely N-dealkylation sites (N-methyl/N-ethyl adjacent to an activating group) is 1. The number of carbonyl (C=O) groups is 2. The molecule has 8 nitrogen and oxygen atoms in total. The van der Waals surface area contributed by atoms with E-state index in [2.05, 4.69) is 10.6 Å². The highest BCUT2D eigenvalue weighted by atomic mass is 31.0. The zero-order valence-corrected chi connectivity index (χ0v) is 20.0. The summed E-state index contributed by atoms with van der Waals surface area (Å²) < 4.78 is 46.9. The molecule has 35 heavy (non-hydrogen) atoms. The van der Waals surface area contributed by atoms with E-state index in [1.165, 1.54) is 74.6 Å². The molecule has 3 rings (SSSR count). The van der Waals surface area contributed by atoms with Crippen molar-refractivity contribution in [1.29, 1.82) is 0 Å². The van der Waals surface area contributed by atoms with Crippen molar-refractivity contribution in [2.45, 2.75) is 25.0 Å². The molecule has 2 aromatic carbocycles. The number of nitrogens with one attached hydrogen (secondary N) is 2. The molecule has 0 fully saturated rings. The van der Waals surface area contributed by atoms with E-state index in [-0.39, 0.29) is 42.5 Å². The quantitative estimate of drug-likeness (QED) is 0.317. The van der Waals surface area contributed by atoms with Gasteiger partial charge in [-0.1, -0.05) is 33.5 Å². The van der Waals surface area contributed by atoms with E-state index < -0.39 is 23.7 Å². The van der Waals surface area contributed by atoms with Crippen molar-refractivity contribution in [2.24, 2.45) is 0 Å². The Bertz CT molecular complexity index is 1080. The van der Waals surface area contributed by atoms with Gasteiger partial charge in [-0.25, -0.2) is 4.39 Å². The van der Waals surface area contributed by atoms with E-state index in [0.717, 1.165) is 0 Å². The van der Waals surface area contributed by atoms with Gasteiger partial charge >= 0.3 is 0 Å². The SMILES string of the molecule is CN(CCCO)C(=O)C1=C(NC=O)NC(Oc2cccc(C(F)(F)P)c2)N1Cc1ccc(F)cc1. The zero-order chi connectivity index (χ0) is 25.6. The highest BCUT2D eigenvalue weighted by Gasteiger charge is 2.38. The highest BCUT2D eigenvalue weighted by molar-refractivity contribution is 7.17. The van der Waals surface area contributed by atoms with Crippen LogP contribution < -0.4 is 15.4 Å². The van der Waals surface area contributed by atoms with Crippen LogP contribution in [0.4, 0.5) is 13.2 Å². The van der Waals surface area contributed by atoms with Gasteiger partial charge in [-0.2, -0.15) is 8.78 Å². The Hall–Kier alpha value is -3.30. The number of hydrogen-bond acceptors (Lipinski definition) is 6. The maximum Gasteiger partial charge on any atom is 0.284 e. The van der Waals surface area contributed by atoms with Crippen molar-refractivity contribution in [1.82, 2.24) is 20.4 Å². The fourth-order valence-corrected chi connectivity index (χ4v) is 3.65. The smallest absolute Gasteiger partial charge is 0.284 e. The number of benzene rings is 2. The van der Waals surface area contributed by atoms with Crippen molar-refractivity contribution in [3.8, 4) is 5.75 Å². The minimum Gasteiger partial charge on any atom is -0.452 e. The van der Waals surface area contributed by atoms with E-state index in [4.69, 9.17) is 9.84 Å². The third kappa shape index (κ3) is 6.64. The number of halogens is 3. The van der Waals surface area contributed by atoms with Gasteiger partial charge in [-0.3, -0.25) is 9.59 Å². The van der Waals surface area contributed by atoms with Gasteiger partial charge in [0.2, 0.25) is 6.41 Å². The summed E-state index contributed by atoms with van der Waals surface area (Å²) in [6.45, 7) is 0.195. The van der Waals surface area contributed by atoms with Gasteiger partial charge < -0.3 is 30.3 Å². The third-order valence-corrected chi connectivity index (χ3v) is 5.55. The number of hydrogen-bond donors (Lipinski definition) is 3. The Morgan fingerprint density at radius 3 is 2.66 bits per heavy atom. The molecule has 0 bridgehead atoms. The number of aliphatic hydroxyl groups is 1. The summed E-state index contributed by atoms with van der Waals surface area (Å²) in [5, 5.41) is 14.5. The van der Waals surface area contributed by atoms with Gasteiger partial charge in [0.15, 0.2) is 0 Å². The second-order valence-electron chi connectivity index (χ2n) is 7.81. The Balaban J connectivity index is 1.97. The van der Waals surface area contributed by atoms with Gasteiger partial charge in [-0.05, 0) is 36.2 Å². The van der Waals surface area contributed by atoms with Crippen LogP contribution in [0.1, 0.15) is 17.5 Å². The number of carbonyl (C=O) groups excluding carboxylic acids is 2. The Morgan fingerprint density at radius 2 is 2.03 bits per heavy atom. The molecule has 12 heteroatoms. The molecule has 0 radical (unpaired) electrons. The van der Waals surface area contributed by atoms with Crippen LogP contribution in [-0.2, 0) is 21.8 Å². The predicted octanol–water partition coefficient (Wildman–Crippen LogP) is 2.27. The summed E-state index contributed by atoms with van der Waals surface area (Å²) in [6.07, 6.45) is -0.342. The number of alkyl halides is 2. The lowest BCUT2D eigenvalue weighted by molar-refractivity contribution is -0.128. The van der Waals surface area contributed by atoms with E-state index in [9.17, 15) is 22.8 Å². The van der Waals surface area contributed by atoms with Gasteiger partial charge in [0.1, 0.15) is 23.1 Å². The lowest BCUT2D eigenvalue weighted by Crippen LogP contribution is -2.44. The van der Waals surface area contributed by atoms with Crippen molar-refractivity contribution in [2.75, 3.05) is 20.2 Å². The average Bonchev–Trinajstić information content (AvgIpc) is 3.14. The molecular formula is C23H26F3N4O4P. The molecular weight excluding hydrogens is 484 g/mol. The van der Waals surface area contributed by atoms with Gasteiger partial charge in [0.25, 0.3) is 17.9 Å². The minimum absolute atomic E-state index is 0.0550. The molecule has 2 unspecified atom stereocenters. The zero-order valence-electron chi connectivity index (χ0n) is 18.9. The summed E-state index contributed by atoms with van der Waals surface area (Å²) in [4.78, 5) is 27.4. The largest absolute Gasteiger partial charge is 0.452 e. The van der Waals surface area contributed by atoms with Gasteiger partial charge in [0.05, 0.1) is 0 Å². The number of rotatable bonds is 11. The normalized spacial score (nSPS) is 15.6. The third-order valence-electron chi connectivity index (χ3n) is 5.21. The maximum atomic E-state index is 13.8. The fraction of sp³-hybridized carbons (Fsp3) is 0.304. The second-order valence-corrected chi connectivity index (χ2v) is 8.53. The number of aliphatic hydroxyl groups excluding tert-OH is 1. The molecule has 0 saturated carbocycles. The Labute approximate surface area is 202 Å². The molecule has 1 aliphatic heterocycles. The van der Waals surface area contributed by atoms with Crippen molar-refractivity contribution in [3.63, 3.8) is 0 Å². The number of nitrogens with zero attached hydrogens (tertiary/aromatic N) is 2. The molecule has 0 aromatic heterocycles. The molecule has 3 N–H and O–H groups in total. The molecule has 1 heterocycles. The molecule has 0 aliphatic carbocycles. The molecule has 0 saturated heterocycles. The topological polar surface area (TPSA) is 94.1 Å². The lowest BCUT2D eigenvalue weighted by Gasteiger charge is -2.30. The second kappa shape index (κ2) is 11.4. The average molecular weight is 510 g/mol. The molecule has 188 valence electrons. The van der Waals surface area contributed by atoms with Crippen LogP contribution in [0.15, 0.2) is 60.0 Å². The summed E-state index contributed by atoms with van der Waals surface area (Å²) >= 11 is 0. The summed E-state index contributed by atoms with van der Waals surface area (Å²) in [7, 11) is 3.00. The van der Waals surface area contributed by atoms with Gasteiger partial charge in [-0.15, -0.1) is 0 Å². The van der Waals surface area contributed by atoms with E-state index in [1.807, 2.05) is 0 Å². The van der Waals surface area contributed by atoms with E-state index in [0.29, 0.717) is 18.4 Å². The monoisotopic (exact) mass is 510 g/mol. The number of amides is 2. The summed E-state index contributed by atoms with van der Waals surface area (Å²) in [5.74, 6) is -0.761. The van der Waals surface area contributed by atoms with Crippen LogP contribution in [-0.4, -0.2) is 53.8 Å². The summed E-state index contributed by atoms with van der Waals surface area (Å²) in [5.41, 5.74) is -2.78. The molecule has 0 spiro atoms. The number of ether oxygens (including phenoxy) is 1. The van der Waals surface area contributed by atoms with Crippen LogP contribution in [0.2, 0.25) is 0 Å².